The van der Waals surface area contributed by atoms with Gasteiger partial charge in [-0.1, -0.05) is 6.07 Å². The van der Waals surface area contributed by atoms with Gasteiger partial charge in [-0.05, 0) is 80.5 Å². The largest absolute Gasteiger partial charge is 0.496 e. The van der Waals surface area contributed by atoms with E-state index in [1.165, 1.54) is 36.0 Å². The molecule has 0 saturated carbocycles. The Hall–Kier alpha value is -1.45. The zero-order valence-corrected chi connectivity index (χ0v) is 15.6. The number of aryl methyl sites for hydroxylation is 2. The highest BCUT2D eigenvalue weighted by molar-refractivity contribution is 5.85. The highest BCUT2D eigenvalue weighted by atomic mass is 35.5. The van der Waals surface area contributed by atoms with Crippen LogP contribution in [0.2, 0.25) is 0 Å². The van der Waals surface area contributed by atoms with E-state index in [2.05, 4.69) is 30.4 Å². The minimum absolute atomic E-state index is 0. The van der Waals surface area contributed by atoms with Crippen LogP contribution in [0.15, 0.2) is 34.9 Å². The van der Waals surface area contributed by atoms with Crippen LogP contribution in [-0.4, -0.2) is 20.7 Å². The van der Waals surface area contributed by atoms with Gasteiger partial charge in [-0.25, -0.2) is 0 Å². The summed E-state index contributed by atoms with van der Waals surface area (Å²) in [6.45, 7) is 3.09. The summed E-state index contributed by atoms with van der Waals surface area (Å²) in [7, 11) is 3.77. The van der Waals surface area contributed by atoms with E-state index in [0.717, 1.165) is 24.5 Å². The summed E-state index contributed by atoms with van der Waals surface area (Å²) in [4.78, 5) is 0. The summed E-state index contributed by atoms with van der Waals surface area (Å²) in [6.07, 6.45) is 6.60. The zero-order valence-electron chi connectivity index (χ0n) is 14.8. The maximum absolute atomic E-state index is 5.68. The van der Waals surface area contributed by atoms with Crippen LogP contribution in [0.5, 0.6) is 5.75 Å². The lowest BCUT2D eigenvalue weighted by Crippen LogP contribution is -2.21. The van der Waals surface area contributed by atoms with E-state index < -0.39 is 0 Å². The highest BCUT2D eigenvalue weighted by Gasteiger charge is 2.26. The molecule has 0 aliphatic heterocycles. The molecule has 4 heteroatoms. The molecule has 3 rings (SSSR count). The van der Waals surface area contributed by atoms with Crippen LogP contribution < -0.4 is 10.1 Å². The SMILES string of the molecule is CNCC(CC1CCCc2cc(OC)c(C)cc21)c1ccco1.Cl. The van der Waals surface area contributed by atoms with Gasteiger partial charge in [0.15, 0.2) is 0 Å². The summed E-state index contributed by atoms with van der Waals surface area (Å²) in [5, 5.41) is 3.32. The van der Waals surface area contributed by atoms with Crippen LogP contribution in [0, 0.1) is 6.92 Å². The fourth-order valence-electron chi connectivity index (χ4n) is 3.92. The molecule has 0 amide bonds. The van der Waals surface area contributed by atoms with E-state index in [-0.39, 0.29) is 12.4 Å². The lowest BCUT2D eigenvalue weighted by Gasteiger charge is -2.29. The molecule has 0 spiro atoms. The first-order valence-electron chi connectivity index (χ1n) is 8.58. The van der Waals surface area contributed by atoms with E-state index >= 15 is 0 Å². The molecular weight excluding hydrogens is 322 g/mol. The van der Waals surface area contributed by atoms with Gasteiger partial charge >= 0.3 is 0 Å². The van der Waals surface area contributed by atoms with Crippen LogP contribution in [0.25, 0.3) is 0 Å². The Morgan fingerprint density at radius 2 is 2.21 bits per heavy atom. The van der Waals surface area contributed by atoms with Crippen molar-refractivity contribution in [3.05, 3.63) is 53.0 Å². The van der Waals surface area contributed by atoms with Crippen molar-refractivity contribution in [2.24, 2.45) is 0 Å². The Labute approximate surface area is 151 Å². The number of hydrogen-bond donors (Lipinski definition) is 1. The van der Waals surface area contributed by atoms with Gasteiger partial charge < -0.3 is 14.5 Å². The molecule has 2 atom stereocenters. The number of methoxy groups -OCH3 is 1. The monoisotopic (exact) mass is 349 g/mol. The van der Waals surface area contributed by atoms with Crippen molar-refractivity contribution in [2.45, 2.75) is 44.4 Å². The van der Waals surface area contributed by atoms with Crippen molar-refractivity contribution >= 4 is 12.4 Å². The topological polar surface area (TPSA) is 34.4 Å². The van der Waals surface area contributed by atoms with E-state index in [4.69, 9.17) is 9.15 Å². The maximum Gasteiger partial charge on any atom is 0.122 e. The standard InChI is InChI=1S/C20H27NO2.ClH/c1-14-10-18-15(6-4-7-16(18)12-20(14)22-3)11-17(13-21-2)19-8-5-9-23-19;/h5,8-10,12,15,17,21H,4,6-7,11,13H2,1-3H3;1H. The summed E-state index contributed by atoms with van der Waals surface area (Å²) >= 11 is 0. The first kappa shape index (κ1) is 18.9. The molecule has 1 aliphatic rings. The Bertz CT molecular complexity index is 639. The molecule has 2 aromatic rings. The Morgan fingerprint density at radius 3 is 2.88 bits per heavy atom. The molecule has 1 aromatic carbocycles. The molecule has 0 radical (unpaired) electrons. The van der Waals surface area contributed by atoms with Crippen LogP contribution >= 0.6 is 12.4 Å². The van der Waals surface area contributed by atoms with Gasteiger partial charge in [0, 0.05) is 12.5 Å². The first-order chi connectivity index (χ1) is 11.2. The molecule has 1 aliphatic carbocycles. The Balaban J connectivity index is 0.00000208. The fourth-order valence-corrected chi connectivity index (χ4v) is 3.92. The van der Waals surface area contributed by atoms with Crippen LogP contribution in [0.1, 0.15) is 53.5 Å². The lowest BCUT2D eigenvalue weighted by molar-refractivity contribution is 0.392. The smallest absolute Gasteiger partial charge is 0.122 e. The molecule has 0 saturated heterocycles. The lowest BCUT2D eigenvalue weighted by atomic mass is 9.77. The van der Waals surface area contributed by atoms with E-state index in [1.807, 2.05) is 13.1 Å². The summed E-state index contributed by atoms with van der Waals surface area (Å²) in [5.41, 5.74) is 4.22. The normalized spacial score (nSPS) is 17.7. The summed E-state index contributed by atoms with van der Waals surface area (Å²) in [6, 6.07) is 8.68. The number of halogens is 1. The number of nitrogens with one attached hydrogen (secondary N) is 1. The van der Waals surface area contributed by atoms with Gasteiger partial charge in [-0.3, -0.25) is 0 Å². The fraction of sp³-hybridized carbons (Fsp3) is 0.500. The number of furan rings is 1. The molecule has 0 bridgehead atoms. The maximum atomic E-state index is 5.68. The number of benzene rings is 1. The minimum atomic E-state index is 0. The van der Waals surface area contributed by atoms with Crippen molar-refractivity contribution in [1.29, 1.82) is 0 Å². The number of likely N-dealkylation sites (N-methyl/N-ethyl adjacent to an activating group) is 1. The van der Waals surface area contributed by atoms with Gasteiger partial charge in [-0.2, -0.15) is 0 Å². The number of rotatable bonds is 6. The average molecular weight is 350 g/mol. The summed E-state index contributed by atoms with van der Waals surface area (Å²) in [5.74, 6) is 3.14. The Kier molecular flexibility index (Phi) is 6.76. The molecular formula is C20H28ClNO2. The number of ether oxygens (including phenoxy) is 1. The molecule has 1 N–H and O–H groups in total. The predicted molar refractivity (Wildman–Crippen MR) is 101 cm³/mol. The van der Waals surface area contributed by atoms with Crippen molar-refractivity contribution in [3.8, 4) is 5.75 Å². The van der Waals surface area contributed by atoms with Crippen molar-refractivity contribution < 1.29 is 9.15 Å². The number of hydrogen-bond acceptors (Lipinski definition) is 3. The van der Waals surface area contributed by atoms with Gasteiger partial charge in [0.2, 0.25) is 0 Å². The van der Waals surface area contributed by atoms with Crippen molar-refractivity contribution in [1.82, 2.24) is 5.32 Å². The van der Waals surface area contributed by atoms with E-state index in [1.54, 1.807) is 13.4 Å². The third-order valence-corrected chi connectivity index (χ3v) is 5.06. The van der Waals surface area contributed by atoms with E-state index in [0.29, 0.717) is 11.8 Å². The zero-order chi connectivity index (χ0) is 16.2. The van der Waals surface area contributed by atoms with Gasteiger partial charge in [0.1, 0.15) is 11.5 Å². The molecule has 2 unspecified atom stereocenters. The summed E-state index contributed by atoms with van der Waals surface area (Å²) < 4.78 is 11.2. The predicted octanol–water partition coefficient (Wildman–Crippen LogP) is 4.83. The second-order valence-electron chi connectivity index (χ2n) is 6.62. The Morgan fingerprint density at radius 1 is 1.38 bits per heavy atom. The molecule has 24 heavy (non-hydrogen) atoms. The van der Waals surface area contributed by atoms with Gasteiger partial charge in [0.25, 0.3) is 0 Å². The molecule has 1 heterocycles. The molecule has 1 aromatic heterocycles. The second-order valence-corrected chi connectivity index (χ2v) is 6.62. The van der Waals surface area contributed by atoms with Crippen molar-refractivity contribution in [2.75, 3.05) is 20.7 Å². The molecule has 132 valence electrons. The van der Waals surface area contributed by atoms with Crippen LogP contribution in [0.3, 0.4) is 0 Å². The third-order valence-electron chi connectivity index (χ3n) is 5.06. The van der Waals surface area contributed by atoms with Crippen LogP contribution in [0.4, 0.5) is 0 Å². The van der Waals surface area contributed by atoms with Crippen LogP contribution in [-0.2, 0) is 6.42 Å². The average Bonchev–Trinajstić information content (AvgIpc) is 3.09. The molecule has 3 nitrogen and oxygen atoms in total. The third kappa shape index (κ3) is 3.96. The van der Waals surface area contributed by atoms with Crippen molar-refractivity contribution in [3.63, 3.8) is 0 Å². The van der Waals surface area contributed by atoms with Gasteiger partial charge in [0.05, 0.1) is 13.4 Å². The first-order valence-corrected chi connectivity index (χ1v) is 8.58. The van der Waals surface area contributed by atoms with E-state index in [9.17, 15) is 0 Å². The molecule has 0 fully saturated rings. The van der Waals surface area contributed by atoms with Gasteiger partial charge in [-0.15, -0.1) is 12.4 Å². The number of fused-ring (bicyclic) bond motifs is 1. The quantitative estimate of drug-likeness (QED) is 0.810. The second kappa shape index (κ2) is 8.59. The highest BCUT2D eigenvalue weighted by Crippen LogP contribution is 2.40. The minimum Gasteiger partial charge on any atom is -0.496 e.